The number of hydrogen-bond acceptors (Lipinski definition) is 5. The van der Waals surface area contributed by atoms with Crippen molar-refractivity contribution in [2.75, 3.05) is 0 Å². The van der Waals surface area contributed by atoms with Crippen LogP contribution in [0.1, 0.15) is 46.5 Å². The van der Waals surface area contributed by atoms with Gasteiger partial charge in [-0.2, -0.15) is 0 Å². The summed E-state index contributed by atoms with van der Waals surface area (Å²) in [5.41, 5.74) is -0.610. The van der Waals surface area contributed by atoms with Gasteiger partial charge in [-0.05, 0) is 32.1 Å². The molecule has 20 heavy (non-hydrogen) atoms. The van der Waals surface area contributed by atoms with Gasteiger partial charge in [0.1, 0.15) is 0 Å². The first-order chi connectivity index (χ1) is 9.46. The van der Waals surface area contributed by atoms with Gasteiger partial charge in [-0.15, -0.1) is 0 Å². The van der Waals surface area contributed by atoms with E-state index in [1.807, 2.05) is 13.8 Å². The molecule has 0 aromatic heterocycles. The van der Waals surface area contributed by atoms with Crippen LogP contribution in [0.2, 0.25) is 0 Å². The monoisotopic (exact) mass is 282 g/mol. The fourth-order valence-corrected chi connectivity index (χ4v) is 4.76. The third-order valence-electron chi connectivity index (χ3n) is 5.97. The molecule has 1 spiro atoms. The number of ether oxygens (including phenoxy) is 2. The van der Waals surface area contributed by atoms with Crippen molar-refractivity contribution in [2.24, 2.45) is 23.7 Å². The fourth-order valence-electron chi connectivity index (χ4n) is 4.76. The van der Waals surface area contributed by atoms with Gasteiger partial charge < -0.3 is 9.47 Å². The van der Waals surface area contributed by atoms with Crippen LogP contribution < -0.4 is 0 Å². The summed E-state index contributed by atoms with van der Waals surface area (Å²) in [7, 11) is 0. The highest BCUT2D eigenvalue weighted by Gasteiger charge is 2.69. The second kappa shape index (κ2) is 3.96. The molecule has 0 radical (unpaired) electrons. The van der Waals surface area contributed by atoms with Gasteiger partial charge in [-0.1, -0.05) is 13.8 Å². The van der Waals surface area contributed by atoms with Crippen LogP contribution in [0.15, 0.2) is 0 Å². The Bertz CT molecular complexity index is 452. The fraction of sp³-hybridized carbons (Fsp3) is 0.933. The highest BCUT2D eigenvalue weighted by molar-refractivity contribution is 5.74. The molecule has 1 aliphatic carbocycles. The summed E-state index contributed by atoms with van der Waals surface area (Å²) >= 11 is 0. The predicted octanol–water partition coefficient (Wildman–Crippen LogP) is 2.39. The Morgan fingerprint density at radius 3 is 2.70 bits per heavy atom. The molecule has 0 amide bonds. The van der Waals surface area contributed by atoms with E-state index in [1.54, 1.807) is 0 Å². The molecule has 5 rings (SSSR count). The number of carbonyl (C=O) groups excluding carboxylic acids is 1. The second-order valence-corrected chi connectivity index (χ2v) is 7.14. The van der Waals surface area contributed by atoms with Gasteiger partial charge in [0, 0.05) is 18.3 Å². The van der Waals surface area contributed by atoms with Crippen molar-refractivity contribution in [1.29, 1.82) is 0 Å². The molecule has 5 fully saturated rings. The van der Waals surface area contributed by atoms with Gasteiger partial charge in [-0.3, -0.25) is 4.79 Å². The summed E-state index contributed by atoms with van der Waals surface area (Å²) in [6.07, 6.45) is 3.24. The Morgan fingerprint density at radius 1 is 1.10 bits per heavy atom. The van der Waals surface area contributed by atoms with Crippen molar-refractivity contribution in [1.82, 2.24) is 0 Å². The molecule has 0 aromatic rings. The molecule has 5 aliphatic rings. The van der Waals surface area contributed by atoms with Crippen molar-refractivity contribution in [3.63, 3.8) is 0 Å². The lowest BCUT2D eigenvalue weighted by Gasteiger charge is -2.57. The first-order valence-corrected chi connectivity index (χ1v) is 7.71. The van der Waals surface area contributed by atoms with E-state index in [-0.39, 0.29) is 17.8 Å². The zero-order chi connectivity index (χ0) is 14.1. The maximum Gasteiger partial charge on any atom is 0.311 e. The van der Waals surface area contributed by atoms with E-state index in [2.05, 4.69) is 6.92 Å². The van der Waals surface area contributed by atoms with E-state index in [1.165, 1.54) is 0 Å². The largest absolute Gasteiger partial charge is 0.432 e. The second-order valence-electron chi connectivity index (χ2n) is 7.14. The Hall–Kier alpha value is -0.650. The van der Waals surface area contributed by atoms with E-state index in [0.29, 0.717) is 11.8 Å². The van der Waals surface area contributed by atoms with Crippen LogP contribution in [0.25, 0.3) is 0 Å². The van der Waals surface area contributed by atoms with Crippen molar-refractivity contribution in [2.45, 2.75) is 64.1 Å². The number of rotatable bonds is 0. The van der Waals surface area contributed by atoms with Crippen LogP contribution in [0.3, 0.4) is 0 Å². The maximum absolute atomic E-state index is 12.1. The smallest absolute Gasteiger partial charge is 0.311 e. The molecule has 4 aliphatic heterocycles. The Morgan fingerprint density at radius 2 is 1.90 bits per heavy atom. The van der Waals surface area contributed by atoms with Crippen LogP contribution in [0.4, 0.5) is 0 Å². The topological polar surface area (TPSA) is 54.0 Å². The van der Waals surface area contributed by atoms with Gasteiger partial charge in [0.2, 0.25) is 12.1 Å². The molecule has 1 saturated carbocycles. The van der Waals surface area contributed by atoms with E-state index >= 15 is 0 Å². The molecule has 112 valence electrons. The van der Waals surface area contributed by atoms with Crippen LogP contribution in [-0.2, 0) is 24.0 Å². The Labute approximate surface area is 118 Å². The summed E-state index contributed by atoms with van der Waals surface area (Å²) in [5.74, 6) is -0.137. The van der Waals surface area contributed by atoms with E-state index in [4.69, 9.17) is 19.2 Å². The summed E-state index contributed by atoms with van der Waals surface area (Å²) in [6, 6.07) is 0. The first kappa shape index (κ1) is 13.0. The molecule has 2 bridgehead atoms. The van der Waals surface area contributed by atoms with E-state index < -0.39 is 17.7 Å². The minimum absolute atomic E-state index is 0.123. The van der Waals surface area contributed by atoms with Crippen LogP contribution >= 0.6 is 0 Å². The number of esters is 1. The molecule has 0 aromatic carbocycles. The van der Waals surface area contributed by atoms with Gasteiger partial charge in [0.15, 0.2) is 5.60 Å². The SMILES string of the molecule is C[C@@H]1CCC2[C@@H](C)C(=O)O[C@@H]3OC4(C)CCC1[C@@]23OO4. The summed E-state index contributed by atoms with van der Waals surface area (Å²) < 4.78 is 11.6. The minimum atomic E-state index is -0.793. The average molecular weight is 282 g/mol. The van der Waals surface area contributed by atoms with E-state index in [0.717, 1.165) is 25.7 Å². The molecular weight excluding hydrogens is 260 g/mol. The average Bonchev–Trinajstić information content (AvgIpc) is 2.63. The normalized spacial score (nSPS) is 57.8. The third kappa shape index (κ3) is 1.46. The molecule has 5 heteroatoms. The first-order valence-electron chi connectivity index (χ1n) is 7.71. The minimum Gasteiger partial charge on any atom is -0.432 e. The van der Waals surface area contributed by atoms with Crippen molar-refractivity contribution in [3.05, 3.63) is 0 Å². The van der Waals surface area contributed by atoms with Crippen LogP contribution in [0, 0.1) is 23.7 Å². The zero-order valence-corrected chi connectivity index (χ0v) is 12.3. The summed E-state index contributed by atoms with van der Waals surface area (Å²) in [5, 5.41) is 0. The van der Waals surface area contributed by atoms with Crippen molar-refractivity contribution in [3.8, 4) is 0 Å². The lowest BCUT2D eigenvalue weighted by molar-refractivity contribution is -0.559. The Balaban J connectivity index is 1.84. The Kier molecular flexibility index (Phi) is 2.58. The van der Waals surface area contributed by atoms with Gasteiger partial charge >= 0.3 is 5.97 Å². The van der Waals surface area contributed by atoms with Crippen LogP contribution in [0.5, 0.6) is 0 Å². The summed E-state index contributed by atoms with van der Waals surface area (Å²) in [4.78, 5) is 23.7. The molecular formula is C15H22O5. The number of fused-ring (bicyclic) bond motifs is 2. The molecule has 4 saturated heterocycles. The van der Waals surface area contributed by atoms with Gasteiger partial charge in [-0.25, -0.2) is 9.78 Å². The van der Waals surface area contributed by atoms with Gasteiger partial charge in [0.25, 0.3) is 0 Å². The van der Waals surface area contributed by atoms with Crippen molar-refractivity contribution < 1.29 is 24.0 Å². The number of carbonyl (C=O) groups is 1. The standard InChI is InChI=1S/C15H22O5/c1-8-4-5-11-9(2)12(16)17-13-15(11)10(8)6-7-14(3,18-13)19-20-15/h8-11,13H,4-7H2,1-3H3/t8-,9-,10?,11?,13-,14?,15-/m1/s1. The quantitative estimate of drug-likeness (QED) is 0.504. The number of hydrogen-bond donors (Lipinski definition) is 0. The predicted molar refractivity (Wildman–Crippen MR) is 68.0 cm³/mol. The lowest BCUT2D eigenvalue weighted by atomic mass is 9.58. The maximum atomic E-state index is 12.1. The molecule has 4 heterocycles. The molecule has 0 N–H and O–H groups in total. The van der Waals surface area contributed by atoms with E-state index in [9.17, 15) is 4.79 Å². The van der Waals surface area contributed by atoms with Gasteiger partial charge in [0.05, 0.1) is 5.92 Å². The third-order valence-corrected chi connectivity index (χ3v) is 5.97. The molecule has 5 nitrogen and oxygen atoms in total. The highest BCUT2D eigenvalue weighted by atomic mass is 17.3. The molecule has 7 atom stereocenters. The zero-order valence-electron chi connectivity index (χ0n) is 12.3. The summed E-state index contributed by atoms with van der Waals surface area (Å²) in [6.45, 7) is 6.06. The molecule has 3 unspecified atom stereocenters. The lowest BCUT2D eigenvalue weighted by Crippen LogP contribution is -2.69. The van der Waals surface area contributed by atoms with Crippen molar-refractivity contribution >= 4 is 5.97 Å². The van der Waals surface area contributed by atoms with Crippen LogP contribution in [-0.4, -0.2) is 23.6 Å². The highest BCUT2D eigenvalue weighted by Crippen LogP contribution is 2.59.